The molecule has 0 bridgehead atoms. The lowest BCUT2D eigenvalue weighted by Gasteiger charge is -2.36. The van der Waals surface area contributed by atoms with Crippen LogP contribution in [0.15, 0.2) is 29.7 Å². The van der Waals surface area contributed by atoms with E-state index in [9.17, 15) is 4.79 Å². The molecule has 2 amide bonds. The van der Waals surface area contributed by atoms with Crippen molar-refractivity contribution in [3.63, 3.8) is 0 Å². The first-order valence-electron chi connectivity index (χ1n) is 10.3. The number of aromatic nitrogens is 4. The zero-order chi connectivity index (χ0) is 20.1. The van der Waals surface area contributed by atoms with Gasteiger partial charge >= 0.3 is 6.03 Å². The van der Waals surface area contributed by atoms with E-state index in [4.69, 9.17) is 4.74 Å². The summed E-state index contributed by atoms with van der Waals surface area (Å²) >= 11 is 1.70. The van der Waals surface area contributed by atoms with Gasteiger partial charge in [0.1, 0.15) is 5.82 Å². The van der Waals surface area contributed by atoms with Crippen molar-refractivity contribution in [2.75, 3.05) is 39.4 Å². The Hall–Kier alpha value is -1.84. The summed E-state index contributed by atoms with van der Waals surface area (Å²) in [5.41, 5.74) is 1.18. The normalized spacial score (nSPS) is 17.6. The number of carbonyl (C=O) groups excluding carboxylic acids is 1. The van der Waals surface area contributed by atoms with E-state index in [1.54, 1.807) is 18.0 Å². The Labute approximate surface area is 187 Å². The zero-order valence-electron chi connectivity index (χ0n) is 17.3. The molecule has 4 rings (SSSR count). The van der Waals surface area contributed by atoms with E-state index in [0.29, 0.717) is 32.2 Å². The van der Waals surface area contributed by atoms with Crippen LogP contribution in [0.4, 0.5) is 4.79 Å². The molecule has 10 heteroatoms. The van der Waals surface area contributed by atoms with Crippen LogP contribution >= 0.6 is 24.2 Å². The molecule has 0 radical (unpaired) electrons. The molecule has 164 valence electrons. The molecule has 2 aliphatic heterocycles. The van der Waals surface area contributed by atoms with Crippen molar-refractivity contribution in [2.45, 2.75) is 43.1 Å². The predicted octanol–water partition coefficient (Wildman–Crippen LogP) is 3.04. The molecule has 2 aromatic heterocycles. The largest absolute Gasteiger partial charge is 0.378 e. The number of morpholine rings is 1. The van der Waals surface area contributed by atoms with Crippen LogP contribution in [0.2, 0.25) is 0 Å². The Kier molecular flexibility index (Phi) is 8.35. The summed E-state index contributed by atoms with van der Waals surface area (Å²) in [6.07, 6.45) is 5.54. The Bertz CT molecular complexity index is 807. The van der Waals surface area contributed by atoms with Crippen molar-refractivity contribution < 1.29 is 9.53 Å². The SMILES string of the molecule is CCn1c(SCc2cccnc2)nnc1C1CCN(C(=O)N2CCOCC2)CC1.Cl. The molecular weight excluding hydrogens is 424 g/mol. The van der Waals surface area contributed by atoms with Crippen molar-refractivity contribution in [2.24, 2.45) is 0 Å². The summed E-state index contributed by atoms with van der Waals surface area (Å²) in [5.74, 6) is 2.24. The number of carbonyl (C=O) groups is 1. The van der Waals surface area contributed by atoms with E-state index >= 15 is 0 Å². The van der Waals surface area contributed by atoms with Gasteiger partial charge in [-0.25, -0.2) is 4.79 Å². The molecular formula is C20H29ClN6O2S. The highest BCUT2D eigenvalue weighted by molar-refractivity contribution is 7.98. The van der Waals surface area contributed by atoms with Crippen LogP contribution in [0.3, 0.4) is 0 Å². The number of amides is 2. The van der Waals surface area contributed by atoms with E-state index < -0.39 is 0 Å². The summed E-state index contributed by atoms with van der Waals surface area (Å²) < 4.78 is 7.58. The molecule has 2 aromatic rings. The maximum Gasteiger partial charge on any atom is 0.320 e. The van der Waals surface area contributed by atoms with Gasteiger partial charge in [0.05, 0.1) is 13.2 Å². The molecule has 0 N–H and O–H groups in total. The second kappa shape index (κ2) is 11.0. The summed E-state index contributed by atoms with van der Waals surface area (Å²) in [6.45, 7) is 7.21. The molecule has 2 aliphatic rings. The Morgan fingerprint density at radius 3 is 2.57 bits per heavy atom. The number of urea groups is 1. The van der Waals surface area contributed by atoms with Crippen molar-refractivity contribution in [3.8, 4) is 0 Å². The number of nitrogens with zero attached hydrogens (tertiary/aromatic N) is 6. The van der Waals surface area contributed by atoms with Crippen LogP contribution in [0, 0.1) is 0 Å². The van der Waals surface area contributed by atoms with Gasteiger partial charge in [-0.3, -0.25) is 4.98 Å². The first-order valence-corrected chi connectivity index (χ1v) is 11.3. The topological polar surface area (TPSA) is 76.4 Å². The van der Waals surface area contributed by atoms with Crippen molar-refractivity contribution in [1.82, 2.24) is 29.5 Å². The highest BCUT2D eigenvalue weighted by atomic mass is 35.5. The second-order valence-electron chi connectivity index (χ2n) is 7.38. The quantitative estimate of drug-likeness (QED) is 0.649. The van der Waals surface area contributed by atoms with E-state index in [-0.39, 0.29) is 18.4 Å². The van der Waals surface area contributed by atoms with Crippen molar-refractivity contribution in [1.29, 1.82) is 0 Å². The van der Waals surface area contributed by atoms with Crippen molar-refractivity contribution in [3.05, 3.63) is 35.9 Å². The third-order valence-corrected chi connectivity index (χ3v) is 6.60. The van der Waals surface area contributed by atoms with Gasteiger partial charge < -0.3 is 19.1 Å². The highest BCUT2D eigenvalue weighted by Crippen LogP contribution is 2.30. The third-order valence-electron chi connectivity index (χ3n) is 5.56. The van der Waals surface area contributed by atoms with Gasteiger partial charge in [0.25, 0.3) is 0 Å². The van der Waals surface area contributed by atoms with Gasteiger partial charge in [-0.15, -0.1) is 22.6 Å². The van der Waals surface area contributed by atoms with Gasteiger partial charge in [-0.05, 0) is 31.4 Å². The van der Waals surface area contributed by atoms with Crippen LogP contribution in [0.25, 0.3) is 0 Å². The molecule has 0 saturated carbocycles. The average molecular weight is 453 g/mol. The fourth-order valence-electron chi connectivity index (χ4n) is 3.92. The standard InChI is InChI=1S/C20H28N6O2S.ClH/c1-2-26-18(22-23-19(26)29-15-16-4-3-7-21-14-16)17-5-8-24(9-6-17)20(27)25-10-12-28-13-11-25;/h3-4,7,14,17H,2,5-6,8-13,15H2,1H3;1H. The Balaban J connectivity index is 0.00000256. The first kappa shape index (κ1) is 22.8. The minimum absolute atomic E-state index is 0. The Morgan fingerprint density at radius 1 is 1.17 bits per heavy atom. The van der Waals surface area contributed by atoms with Crippen molar-refractivity contribution >= 4 is 30.2 Å². The van der Waals surface area contributed by atoms with Crippen LogP contribution in [0.1, 0.15) is 37.1 Å². The van der Waals surface area contributed by atoms with Gasteiger partial charge in [-0.2, -0.15) is 0 Å². The van der Waals surface area contributed by atoms with E-state index in [2.05, 4.69) is 32.7 Å². The lowest BCUT2D eigenvalue weighted by Crippen LogP contribution is -2.50. The van der Waals surface area contributed by atoms with Gasteiger partial charge in [-0.1, -0.05) is 17.8 Å². The van der Waals surface area contributed by atoms with E-state index in [1.165, 1.54) is 5.56 Å². The third kappa shape index (κ3) is 5.25. The molecule has 30 heavy (non-hydrogen) atoms. The van der Waals surface area contributed by atoms with Crippen LogP contribution in [0.5, 0.6) is 0 Å². The molecule has 2 saturated heterocycles. The summed E-state index contributed by atoms with van der Waals surface area (Å²) in [7, 11) is 0. The number of piperidine rings is 1. The molecule has 0 unspecified atom stereocenters. The minimum Gasteiger partial charge on any atom is -0.378 e. The molecule has 0 aliphatic carbocycles. The summed E-state index contributed by atoms with van der Waals surface area (Å²) in [4.78, 5) is 20.8. The lowest BCUT2D eigenvalue weighted by molar-refractivity contribution is 0.0410. The molecule has 8 nitrogen and oxygen atoms in total. The van der Waals surface area contributed by atoms with E-state index in [0.717, 1.165) is 49.2 Å². The number of hydrogen-bond acceptors (Lipinski definition) is 6. The number of hydrogen-bond donors (Lipinski definition) is 0. The smallest absolute Gasteiger partial charge is 0.320 e. The minimum atomic E-state index is 0. The molecule has 2 fully saturated rings. The van der Waals surface area contributed by atoms with Crippen LogP contribution < -0.4 is 0 Å². The summed E-state index contributed by atoms with van der Waals surface area (Å²) in [6, 6.07) is 4.18. The number of rotatable bonds is 5. The maximum absolute atomic E-state index is 12.7. The molecule has 0 aromatic carbocycles. The Morgan fingerprint density at radius 2 is 1.90 bits per heavy atom. The molecule has 0 atom stereocenters. The zero-order valence-corrected chi connectivity index (χ0v) is 18.9. The van der Waals surface area contributed by atoms with E-state index in [1.807, 2.05) is 22.1 Å². The van der Waals surface area contributed by atoms with Gasteiger partial charge in [0, 0.05) is 56.8 Å². The fraction of sp³-hybridized carbons (Fsp3) is 0.600. The first-order chi connectivity index (χ1) is 14.3. The number of pyridine rings is 1. The van der Waals surface area contributed by atoms with Gasteiger partial charge in [0.15, 0.2) is 5.16 Å². The lowest BCUT2D eigenvalue weighted by atomic mass is 9.96. The highest BCUT2D eigenvalue weighted by Gasteiger charge is 2.30. The van der Waals surface area contributed by atoms with Gasteiger partial charge in [0.2, 0.25) is 0 Å². The summed E-state index contributed by atoms with van der Waals surface area (Å²) in [5, 5.41) is 9.94. The molecule has 0 spiro atoms. The number of ether oxygens (including phenoxy) is 1. The fourth-order valence-corrected chi connectivity index (χ4v) is 4.86. The maximum atomic E-state index is 12.7. The predicted molar refractivity (Wildman–Crippen MR) is 118 cm³/mol. The average Bonchev–Trinajstić information content (AvgIpc) is 3.21. The second-order valence-corrected chi connectivity index (χ2v) is 8.32. The number of halogens is 1. The van der Waals surface area contributed by atoms with Crippen LogP contribution in [-0.2, 0) is 17.0 Å². The monoisotopic (exact) mass is 452 g/mol. The van der Waals surface area contributed by atoms with Crippen LogP contribution in [-0.4, -0.2) is 75.0 Å². The number of likely N-dealkylation sites (tertiary alicyclic amines) is 1. The number of thioether (sulfide) groups is 1. The molecule has 4 heterocycles.